The van der Waals surface area contributed by atoms with Crippen molar-refractivity contribution in [2.24, 2.45) is 0 Å². The second-order valence-electron chi connectivity index (χ2n) is 5.24. The van der Waals surface area contributed by atoms with Crippen LogP contribution in [0.25, 0.3) is 5.82 Å². The Balaban J connectivity index is 1.80. The van der Waals surface area contributed by atoms with Crippen molar-refractivity contribution in [3.8, 4) is 11.7 Å². The molecule has 0 aromatic carbocycles. The van der Waals surface area contributed by atoms with Gasteiger partial charge in [-0.3, -0.25) is 0 Å². The van der Waals surface area contributed by atoms with Crippen LogP contribution in [0.1, 0.15) is 24.2 Å². The topological polar surface area (TPSA) is 64.9 Å². The molecule has 3 rings (SSSR count). The van der Waals surface area contributed by atoms with Crippen LogP contribution < -0.4 is 10.1 Å². The van der Waals surface area contributed by atoms with Gasteiger partial charge >= 0.3 is 0 Å². The van der Waals surface area contributed by atoms with E-state index in [-0.39, 0.29) is 6.04 Å². The van der Waals surface area contributed by atoms with E-state index in [1.807, 2.05) is 48.1 Å². The van der Waals surface area contributed by atoms with Gasteiger partial charge in [-0.1, -0.05) is 6.07 Å². The molecule has 3 heterocycles. The first-order chi connectivity index (χ1) is 11.2. The van der Waals surface area contributed by atoms with Crippen LogP contribution in [-0.4, -0.2) is 26.9 Å². The molecule has 0 aliphatic heterocycles. The maximum Gasteiger partial charge on any atom is 0.213 e. The molecular weight excluding hydrogens is 290 g/mol. The van der Waals surface area contributed by atoms with E-state index in [0.29, 0.717) is 5.88 Å². The van der Waals surface area contributed by atoms with Crippen molar-refractivity contribution in [1.82, 2.24) is 19.7 Å². The number of methoxy groups -OCH3 is 1. The van der Waals surface area contributed by atoms with Gasteiger partial charge in [-0.05, 0) is 32.0 Å². The summed E-state index contributed by atoms with van der Waals surface area (Å²) in [5.41, 5.74) is 3.11. The first-order valence-electron chi connectivity index (χ1n) is 7.41. The molecule has 0 saturated heterocycles. The molecule has 6 nitrogen and oxygen atoms in total. The zero-order valence-corrected chi connectivity index (χ0v) is 13.4. The van der Waals surface area contributed by atoms with Gasteiger partial charge in [0.05, 0.1) is 31.2 Å². The van der Waals surface area contributed by atoms with Gasteiger partial charge in [0, 0.05) is 23.5 Å². The normalized spacial score (nSPS) is 12.0. The molecule has 0 bridgehead atoms. The predicted octanol–water partition coefficient (Wildman–Crippen LogP) is 3.15. The van der Waals surface area contributed by atoms with Gasteiger partial charge in [0.15, 0.2) is 5.82 Å². The van der Waals surface area contributed by atoms with E-state index >= 15 is 0 Å². The van der Waals surface area contributed by atoms with Crippen molar-refractivity contribution in [2.75, 3.05) is 12.4 Å². The first-order valence-corrected chi connectivity index (χ1v) is 7.41. The molecule has 3 aromatic heterocycles. The quantitative estimate of drug-likeness (QED) is 0.784. The van der Waals surface area contributed by atoms with Crippen molar-refractivity contribution in [3.05, 3.63) is 60.2 Å². The van der Waals surface area contributed by atoms with E-state index in [1.165, 1.54) is 0 Å². The second-order valence-corrected chi connectivity index (χ2v) is 5.24. The van der Waals surface area contributed by atoms with Crippen LogP contribution in [0.5, 0.6) is 5.88 Å². The number of rotatable bonds is 5. The number of aromatic nitrogens is 4. The molecule has 0 spiro atoms. The summed E-state index contributed by atoms with van der Waals surface area (Å²) in [5.74, 6) is 1.41. The fourth-order valence-corrected chi connectivity index (χ4v) is 2.47. The van der Waals surface area contributed by atoms with E-state index < -0.39 is 0 Å². The van der Waals surface area contributed by atoms with Crippen LogP contribution in [0.2, 0.25) is 0 Å². The molecule has 0 fully saturated rings. The summed E-state index contributed by atoms with van der Waals surface area (Å²) in [6, 6.07) is 9.66. The Morgan fingerprint density at radius 3 is 2.65 bits per heavy atom. The fraction of sp³-hybridized carbons (Fsp3) is 0.235. The molecular formula is C17H19N5O. The third kappa shape index (κ3) is 3.15. The molecule has 0 aliphatic rings. The number of hydrogen-bond donors (Lipinski definition) is 1. The molecule has 1 N–H and O–H groups in total. The average molecular weight is 309 g/mol. The minimum absolute atomic E-state index is 0.0997. The number of hydrogen-bond acceptors (Lipinski definition) is 5. The molecule has 6 heteroatoms. The number of nitrogens with zero attached hydrogens (tertiary/aromatic N) is 4. The van der Waals surface area contributed by atoms with Gasteiger partial charge in [-0.15, -0.1) is 0 Å². The molecule has 0 unspecified atom stereocenters. The van der Waals surface area contributed by atoms with Gasteiger partial charge in [-0.2, -0.15) is 5.10 Å². The summed E-state index contributed by atoms with van der Waals surface area (Å²) in [6.45, 7) is 4.14. The van der Waals surface area contributed by atoms with Crippen LogP contribution in [0.15, 0.2) is 48.9 Å². The Morgan fingerprint density at radius 2 is 2.00 bits per heavy atom. The highest BCUT2D eigenvalue weighted by Gasteiger charge is 2.14. The monoisotopic (exact) mass is 309 g/mol. The summed E-state index contributed by atoms with van der Waals surface area (Å²) < 4.78 is 6.92. The summed E-state index contributed by atoms with van der Waals surface area (Å²) in [4.78, 5) is 8.55. The average Bonchev–Trinajstić information content (AvgIpc) is 2.98. The van der Waals surface area contributed by atoms with E-state index in [2.05, 4.69) is 27.3 Å². The first kappa shape index (κ1) is 15.0. The highest BCUT2D eigenvalue weighted by Crippen LogP contribution is 2.23. The Kier molecular flexibility index (Phi) is 4.23. The molecule has 0 radical (unpaired) electrons. The van der Waals surface area contributed by atoms with Crippen LogP contribution in [0.4, 0.5) is 5.69 Å². The molecule has 118 valence electrons. The number of pyridine rings is 2. The summed E-state index contributed by atoms with van der Waals surface area (Å²) in [7, 11) is 1.60. The van der Waals surface area contributed by atoms with Crippen LogP contribution in [0.3, 0.4) is 0 Å². The Labute approximate surface area is 135 Å². The highest BCUT2D eigenvalue weighted by molar-refractivity contribution is 5.45. The van der Waals surface area contributed by atoms with Crippen LogP contribution in [0, 0.1) is 6.92 Å². The van der Waals surface area contributed by atoms with E-state index in [1.54, 1.807) is 19.5 Å². The summed E-state index contributed by atoms with van der Waals surface area (Å²) in [6.07, 6.45) is 5.40. The zero-order valence-electron chi connectivity index (χ0n) is 13.4. The molecule has 23 heavy (non-hydrogen) atoms. The molecule has 3 aromatic rings. The molecule has 0 saturated carbocycles. The highest BCUT2D eigenvalue weighted by atomic mass is 16.5. The van der Waals surface area contributed by atoms with Crippen LogP contribution >= 0.6 is 0 Å². The zero-order chi connectivity index (χ0) is 16.2. The number of ether oxygens (including phenoxy) is 1. The lowest BCUT2D eigenvalue weighted by molar-refractivity contribution is 0.398. The molecule has 0 amide bonds. The van der Waals surface area contributed by atoms with Crippen molar-refractivity contribution >= 4 is 5.69 Å². The van der Waals surface area contributed by atoms with Crippen LogP contribution in [-0.2, 0) is 0 Å². The third-order valence-corrected chi connectivity index (χ3v) is 3.71. The van der Waals surface area contributed by atoms with E-state index in [0.717, 1.165) is 22.8 Å². The molecule has 1 atom stereocenters. The van der Waals surface area contributed by atoms with Crippen molar-refractivity contribution in [1.29, 1.82) is 0 Å². The SMILES string of the molecule is COc1ccc(N[C@H](C)c2cnn(-c3ccccn3)c2C)cn1. The maximum atomic E-state index is 5.07. The Morgan fingerprint density at radius 1 is 1.13 bits per heavy atom. The van der Waals surface area contributed by atoms with Gasteiger partial charge in [-0.25, -0.2) is 14.6 Å². The van der Waals surface area contributed by atoms with Crippen molar-refractivity contribution < 1.29 is 4.74 Å². The largest absolute Gasteiger partial charge is 0.481 e. The minimum Gasteiger partial charge on any atom is -0.481 e. The number of anilines is 1. The Bertz CT molecular complexity index is 767. The minimum atomic E-state index is 0.0997. The summed E-state index contributed by atoms with van der Waals surface area (Å²) >= 11 is 0. The summed E-state index contributed by atoms with van der Waals surface area (Å²) in [5, 5.41) is 7.88. The lowest BCUT2D eigenvalue weighted by Gasteiger charge is -2.15. The van der Waals surface area contributed by atoms with Gasteiger partial charge in [0.25, 0.3) is 0 Å². The Hall–Kier alpha value is -2.89. The predicted molar refractivity (Wildman–Crippen MR) is 88.9 cm³/mol. The molecule has 0 aliphatic carbocycles. The van der Waals surface area contributed by atoms with Gasteiger partial charge in [0.1, 0.15) is 0 Å². The lowest BCUT2D eigenvalue weighted by Crippen LogP contribution is -2.09. The van der Waals surface area contributed by atoms with Crippen molar-refractivity contribution in [2.45, 2.75) is 19.9 Å². The van der Waals surface area contributed by atoms with Crippen molar-refractivity contribution in [3.63, 3.8) is 0 Å². The van der Waals surface area contributed by atoms with Gasteiger partial charge < -0.3 is 10.1 Å². The lowest BCUT2D eigenvalue weighted by atomic mass is 10.1. The number of nitrogens with one attached hydrogen (secondary N) is 1. The fourth-order valence-electron chi connectivity index (χ4n) is 2.47. The van der Waals surface area contributed by atoms with E-state index in [9.17, 15) is 0 Å². The van der Waals surface area contributed by atoms with E-state index in [4.69, 9.17) is 4.74 Å². The maximum absolute atomic E-state index is 5.07. The smallest absolute Gasteiger partial charge is 0.213 e. The third-order valence-electron chi connectivity index (χ3n) is 3.71. The standard InChI is InChI=1S/C17H19N5O/c1-12(21-14-7-8-17(23-3)19-10-14)15-11-20-22(13(15)2)16-6-4-5-9-18-16/h4-12,21H,1-3H3/t12-/m1/s1. The second kappa shape index (κ2) is 6.48. The van der Waals surface area contributed by atoms with Gasteiger partial charge in [0.2, 0.25) is 5.88 Å².